The first-order valence-electron chi connectivity index (χ1n) is 9.68. The molecule has 158 valence electrons. The molecule has 1 unspecified atom stereocenters. The maximum atomic E-state index is 13.3. The maximum Gasteiger partial charge on any atom is 0.251 e. The summed E-state index contributed by atoms with van der Waals surface area (Å²) in [5.41, 5.74) is 2.43. The first-order chi connectivity index (χ1) is 13.5. The number of nitrogens with one attached hydrogen (secondary N) is 3. The summed E-state index contributed by atoms with van der Waals surface area (Å²) in [6, 6.07) is 14.1. The lowest BCUT2D eigenvalue weighted by molar-refractivity contribution is 0.0939. The highest BCUT2D eigenvalue weighted by Gasteiger charge is 2.09. The second kappa shape index (κ2) is 13.1. The van der Waals surface area contributed by atoms with E-state index in [1.807, 2.05) is 51.1 Å². The summed E-state index contributed by atoms with van der Waals surface area (Å²) in [6.07, 6.45) is 0.890. The molecule has 0 aliphatic heterocycles. The number of aliphatic imine (C=N–C) groups is 1. The van der Waals surface area contributed by atoms with Gasteiger partial charge in [-0.05, 0) is 55.7 Å². The van der Waals surface area contributed by atoms with E-state index in [1.54, 1.807) is 6.07 Å². The minimum Gasteiger partial charge on any atom is -0.357 e. The van der Waals surface area contributed by atoms with Gasteiger partial charge >= 0.3 is 0 Å². The Labute approximate surface area is 189 Å². The molecule has 2 rings (SSSR count). The fraction of sp³-hybridized carbons (Fsp3) is 0.364. The van der Waals surface area contributed by atoms with E-state index in [4.69, 9.17) is 0 Å². The van der Waals surface area contributed by atoms with E-state index in [9.17, 15) is 9.18 Å². The summed E-state index contributed by atoms with van der Waals surface area (Å²) in [5, 5.41) is 9.40. The van der Waals surface area contributed by atoms with Crippen molar-refractivity contribution >= 4 is 35.8 Å². The quantitative estimate of drug-likeness (QED) is 0.282. The van der Waals surface area contributed by atoms with Gasteiger partial charge in [0.25, 0.3) is 5.91 Å². The lowest BCUT2D eigenvalue weighted by atomic mass is 10.1. The third-order valence-corrected chi connectivity index (χ3v) is 4.29. The minimum atomic E-state index is -0.266. The van der Waals surface area contributed by atoms with Crippen LogP contribution < -0.4 is 16.0 Å². The van der Waals surface area contributed by atoms with Gasteiger partial charge in [-0.3, -0.25) is 4.79 Å². The van der Waals surface area contributed by atoms with Crippen molar-refractivity contribution in [2.75, 3.05) is 6.54 Å². The van der Waals surface area contributed by atoms with Gasteiger partial charge in [0.15, 0.2) is 5.96 Å². The van der Waals surface area contributed by atoms with Gasteiger partial charge in [-0.2, -0.15) is 0 Å². The van der Waals surface area contributed by atoms with Gasteiger partial charge in [-0.25, -0.2) is 9.38 Å². The van der Waals surface area contributed by atoms with E-state index >= 15 is 0 Å². The lowest BCUT2D eigenvalue weighted by Crippen LogP contribution is -2.37. The normalized spacial score (nSPS) is 11.9. The maximum absolute atomic E-state index is 13.3. The second-order valence-electron chi connectivity index (χ2n) is 6.66. The topological polar surface area (TPSA) is 65.5 Å². The molecule has 0 aliphatic carbocycles. The number of benzene rings is 2. The predicted octanol–water partition coefficient (Wildman–Crippen LogP) is 4.23. The molecule has 29 heavy (non-hydrogen) atoms. The Morgan fingerprint density at radius 2 is 1.79 bits per heavy atom. The van der Waals surface area contributed by atoms with Crippen LogP contribution in [0.25, 0.3) is 0 Å². The summed E-state index contributed by atoms with van der Waals surface area (Å²) < 4.78 is 13.3. The van der Waals surface area contributed by atoms with Crippen LogP contribution in [0, 0.1) is 5.82 Å². The van der Waals surface area contributed by atoms with Gasteiger partial charge < -0.3 is 16.0 Å². The number of halogens is 2. The van der Waals surface area contributed by atoms with E-state index in [0.717, 1.165) is 17.5 Å². The molecule has 0 spiro atoms. The van der Waals surface area contributed by atoms with Crippen LogP contribution in [0.5, 0.6) is 0 Å². The Kier molecular flexibility index (Phi) is 11.3. The smallest absolute Gasteiger partial charge is 0.251 e. The van der Waals surface area contributed by atoms with E-state index < -0.39 is 0 Å². The van der Waals surface area contributed by atoms with Gasteiger partial charge in [0.05, 0.1) is 6.54 Å². The lowest BCUT2D eigenvalue weighted by Gasteiger charge is -2.13. The molecule has 0 aromatic heterocycles. The molecule has 3 N–H and O–H groups in total. The molecule has 0 fully saturated rings. The monoisotopic (exact) mass is 512 g/mol. The third kappa shape index (κ3) is 8.81. The summed E-state index contributed by atoms with van der Waals surface area (Å²) in [7, 11) is 0. The van der Waals surface area contributed by atoms with Gasteiger partial charge in [0, 0.05) is 24.7 Å². The van der Waals surface area contributed by atoms with E-state index in [2.05, 4.69) is 20.9 Å². The highest BCUT2D eigenvalue weighted by atomic mass is 127. The number of hydrogen-bond acceptors (Lipinski definition) is 2. The molecule has 2 aromatic carbocycles. The molecule has 1 atom stereocenters. The molecular weight excluding hydrogens is 482 g/mol. The van der Waals surface area contributed by atoms with Gasteiger partial charge in [0.2, 0.25) is 0 Å². The zero-order valence-corrected chi connectivity index (χ0v) is 19.5. The van der Waals surface area contributed by atoms with Crippen molar-refractivity contribution in [2.45, 2.75) is 46.3 Å². The molecule has 0 heterocycles. The van der Waals surface area contributed by atoms with Crippen LogP contribution >= 0.6 is 24.0 Å². The molecule has 7 heteroatoms. The molecule has 5 nitrogen and oxygen atoms in total. The number of carbonyl (C=O) groups is 1. The van der Waals surface area contributed by atoms with Crippen molar-refractivity contribution in [2.24, 2.45) is 4.99 Å². The van der Waals surface area contributed by atoms with E-state index in [-0.39, 0.29) is 41.7 Å². The summed E-state index contributed by atoms with van der Waals surface area (Å²) in [5.74, 6) is 0.308. The van der Waals surface area contributed by atoms with Crippen LogP contribution in [0.1, 0.15) is 48.7 Å². The number of nitrogens with zero attached hydrogens (tertiary/aromatic N) is 1. The summed E-state index contributed by atoms with van der Waals surface area (Å²) in [4.78, 5) is 16.8. The van der Waals surface area contributed by atoms with Crippen molar-refractivity contribution in [1.82, 2.24) is 16.0 Å². The predicted molar refractivity (Wildman–Crippen MR) is 127 cm³/mol. The highest BCUT2D eigenvalue weighted by molar-refractivity contribution is 14.0. The molecule has 0 aliphatic rings. The first-order valence-corrected chi connectivity index (χ1v) is 9.68. The summed E-state index contributed by atoms with van der Waals surface area (Å²) >= 11 is 0. The van der Waals surface area contributed by atoms with E-state index in [1.165, 1.54) is 12.1 Å². The standard InChI is InChI=1S/C22H29FN4O.HI/c1-4-16(3)27-21(28)19-10-6-8-17(12-19)14-25-22(24-5-2)26-15-18-9-7-11-20(23)13-18;/h6-13,16H,4-5,14-15H2,1-3H3,(H,27,28)(H2,24,25,26);1H. The van der Waals surface area contributed by atoms with Crippen LogP contribution in [-0.4, -0.2) is 24.5 Å². The Morgan fingerprint density at radius 1 is 1.07 bits per heavy atom. The second-order valence-corrected chi connectivity index (χ2v) is 6.66. The minimum absolute atomic E-state index is 0. The van der Waals surface area contributed by atoms with Crippen molar-refractivity contribution in [3.05, 3.63) is 71.0 Å². The Bertz CT molecular complexity index is 813. The summed E-state index contributed by atoms with van der Waals surface area (Å²) in [6.45, 7) is 7.63. The van der Waals surface area contributed by atoms with Crippen LogP contribution in [0.15, 0.2) is 53.5 Å². The molecule has 2 aromatic rings. The molecule has 0 saturated heterocycles. The molecule has 1 amide bonds. The zero-order valence-electron chi connectivity index (χ0n) is 17.2. The van der Waals surface area contributed by atoms with Crippen LogP contribution in [0.2, 0.25) is 0 Å². The number of rotatable bonds is 8. The van der Waals surface area contributed by atoms with Crippen LogP contribution in [0.3, 0.4) is 0 Å². The van der Waals surface area contributed by atoms with Crippen LogP contribution in [-0.2, 0) is 13.1 Å². The van der Waals surface area contributed by atoms with Crippen molar-refractivity contribution in [3.8, 4) is 0 Å². The number of hydrogen-bond donors (Lipinski definition) is 3. The van der Waals surface area contributed by atoms with Crippen molar-refractivity contribution < 1.29 is 9.18 Å². The first kappa shape index (κ1) is 24.9. The van der Waals surface area contributed by atoms with Crippen molar-refractivity contribution in [3.63, 3.8) is 0 Å². The SMILES string of the molecule is CCNC(=NCc1cccc(F)c1)NCc1cccc(C(=O)NC(C)CC)c1.I. The highest BCUT2D eigenvalue weighted by Crippen LogP contribution is 2.07. The van der Waals surface area contributed by atoms with Gasteiger partial charge in [-0.1, -0.05) is 31.2 Å². The number of guanidine groups is 1. The Morgan fingerprint density at radius 3 is 2.48 bits per heavy atom. The Balaban J connectivity index is 0.00000420. The fourth-order valence-corrected chi connectivity index (χ4v) is 2.56. The zero-order chi connectivity index (χ0) is 20.4. The Hall–Kier alpha value is -2.16. The molecular formula is C22H30FIN4O. The van der Waals surface area contributed by atoms with Gasteiger partial charge in [-0.15, -0.1) is 24.0 Å². The van der Waals surface area contributed by atoms with Crippen LogP contribution in [0.4, 0.5) is 4.39 Å². The average molecular weight is 512 g/mol. The molecule has 0 saturated carbocycles. The largest absolute Gasteiger partial charge is 0.357 e. The van der Waals surface area contributed by atoms with E-state index in [0.29, 0.717) is 31.2 Å². The number of carbonyl (C=O) groups excluding carboxylic acids is 1. The molecule has 0 radical (unpaired) electrons. The fourth-order valence-electron chi connectivity index (χ4n) is 2.56. The van der Waals surface area contributed by atoms with Crippen molar-refractivity contribution in [1.29, 1.82) is 0 Å². The number of amides is 1. The molecule has 0 bridgehead atoms. The third-order valence-electron chi connectivity index (χ3n) is 4.29. The van der Waals surface area contributed by atoms with Gasteiger partial charge in [0.1, 0.15) is 5.82 Å². The average Bonchev–Trinajstić information content (AvgIpc) is 2.70.